The van der Waals surface area contributed by atoms with E-state index in [0.717, 1.165) is 6.54 Å². The van der Waals surface area contributed by atoms with Crippen LogP contribution < -0.4 is 5.32 Å². The van der Waals surface area contributed by atoms with E-state index in [1.54, 1.807) is 0 Å². The second kappa shape index (κ2) is 6.45. The molecule has 0 radical (unpaired) electrons. The zero-order chi connectivity index (χ0) is 11.3. The second-order valence-electron chi connectivity index (χ2n) is 4.07. The monoisotopic (exact) mass is 319 g/mol. The van der Waals surface area contributed by atoms with Crippen molar-refractivity contribution in [1.82, 2.24) is 5.32 Å². The zero-order valence-electron chi connectivity index (χ0n) is 9.20. The first kappa shape index (κ1) is 12.9. The van der Waals surface area contributed by atoms with Crippen LogP contribution in [0.4, 0.5) is 0 Å². The van der Waals surface area contributed by atoms with Gasteiger partial charge in [-0.2, -0.15) is 0 Å². The van der Waals surface area contributed by atoms with Crippen molar-refractivity contribution < 1.29 is 5.11 Å². The number of halogens is 1. The molecule has 1 aromatic carbocycles. The molecule has 15 heavy (non-hydrogen) atoms. The van der Waals surface area contributed by atoms with Gasteiger partial charge in [0.15, 0.2) is 0 Å². The summed E-state index contributed by atoms with van der Waals surface area (Å²) in [6.07, 6.45) is -0.256. The number of rotatable bonds is 5. The highest BCUT2D eigenvalue weighted by molar-refractivity contribution is 14.1. The average molecular weight is 319 g/mol. The Hall–Kier alpha value is -0.130. The molecule has 0 amide bonds. The number of aliphatic hydroxyl groups excluding tert-OH is 1. The molecule has 0 aliphatic heterocycles. The maximum Gasteiger partial charge on any atom is 0.0687 e. The van der Waals surface area contributed by atoms with Crippen molar-refractivity contribution in [2.24, 2.45) is 5.92 Å². The lowest BCUT2D eigenvalue weighted by atomic mass is 10.1. The van der Waals surface area contributed by atoms with Crippen molar-refractivity contribution in [3.8, 4) is 0 Å². The van der Waals surface area contributed by atoms with E-state index >= 15 is 0 Å². The van der Waals surface area contributed by atoms with Gasteiger partial charge >= 0.3 is 0 Å². The third-order valence-electron chi connectivity index (χ3n) is 2.37. The van der Waals surface area contributed by atoms with Gasteiger partial charge < -0.3 is 10.4 Å². The number of aliphatic hydroxyl groups is 1. The quantitative estimate of drug-likeness (QED) is 0.817. The molecule has 84 valence electrons. The minimum absolute atomic E-state index is 0.256. The smallest absolute Gasteiger partial charge is 0.0687 e. The fourth-order valence-corrected chi connectivity index (χ4v) is 1.56. The highest BCUT2D eigenvalue weighted by Gasteiger charge is 2.07. The Morgan fingerprint density at radius 1 is 1.27 bits per heavy atom. The zero-order valence-corrected chi connectivity index (χ0v) is 11.4. The summed E-state index contributed by atoms with van der Waals surface area (Å²) in [4.78, 5) is 0. The molecule has 0 bridgehead atoms. The highest BCUT2D eigenvalue weighted by Crippen LogP contribution is 2.06. The van der Waals surface area contributed by atoms with E-state index in [2.05, 4.69) is 52.2 Å². The molecule has 0 fully saturated rings. The molecule has 2 N–H and O–H groups in total. The van der Waals surface area contributed by atoms with Gasteiger partial charge in [0.05, 0.1) is 6.10 Å². The molecular weight excluding hydrogens is 301 g/mol. The van der Waals surface area contributed by atoms with E-state index in [1.165, 1.54) is 9.13 Å². The van der Waals surface area contributed by atoms with Gasteiger partial charge in [0.25, 0.3) is 0 Å². The molecule has 1 atom stereocenters. The molecule has 2 nitrogen and oxygen atoms in total. The van der Waals surface area contributed by atoms with Crippen LogP contribution >= 0.6 is 22.6 Å². The minimum Gasteiger partial charge on any atom is -0.392 e. The predicted octanol–water partition coefficient (Wildman–Crippen LogP) is 2.40. The third kappa shape index (κ3) is 4.95. The van der Waals surface area contributed by atoms with Gasteiger partial charge in [-0.1, -0.05) is 26.0 Å². The largest absolute Gasteiger partial charge is 0.392 e. The summed E-state index contributed by atoms with van der Waals surface area (Å²) in [7, 11) is 0. The lowest BCUT2D eigenvalue weighted by Gasteiger charge is -2.15. The van der Waals surface area contributed by atoms with Crippen LogP contribution in [0.1, 0.15) is 19.4 Å². The van der Waals surface area contributed by atoms with Gasteiger partial charge in [0.2, 0.25) is 0 Å². The fraction of sp³-hybridized carbons (Fsp3) is 0.500. The summed E-state index contributed by atoms with van der Waals surface area (Å²) >= 11 is 2.29. The summed E-state index contributed by atoms with van der Waals surface area (Å²) in [6, 6.07) is 8.40. The Balaban J connectivity index is 2.29. The van der Waals surface area contributed by atoms with Crippen molar-refractivity contribution in [3.63, 3.8) is 0 Å². The molecule has 0 aliphatic carbocycles. The number of hydrogen-bond donors (Lipinski definition) is 2. The van der Waals surface area contributed by atoms with Gasteiger partial charge in [-0.25, -0.2) is 0 Å². The van der Waals surface area contributed by atoms with Crippen LogP contribution in [0.15, 0.2) is 24.3 Å². The van der Waals surface area contributed by atoms with Crippen molar-refractivity contribution in [3.05, 3.63) is 33.4 Å². The van der Waals surface area contributed by atoms with Crippen LogP contribution in [-0.4, -0.2) is 17.8 Å². The standard InChI is InChI=1S/C12H18INO/c1-9(2)12(15)8-14-7-10-3-5-11(13)6-4-10/h3-6,9,12,14-15H,7-8H2,1-2H3. The van der Waals surface area contributed by atoms with E-state index in [0.29, 0.717) is 12.5 Å². The SMILES string of the molecule is CC(C)C(O)CNCc1ccc(I)cc1. The topological polar surface area (TPSA) is 32.3 Å². The third-order valence-corrected chi connectivity index (χ3v) is 3.08. The van der Waals surface area contributed by atoms with Crippen LogP contribution in [0, 0.1) is 9.49 Å². The molecule has 1 unspecified atom stereocenters. The van der Waals surface area contributed by atoms with Gasteiger partial charge in [-0.3, -0.25) is 0 Å². The van der Waals surface area contributed by atoms with E-state index < -0.39 is 0 Å². The molecule has 3 heteroatoms. The van der Waals surface area contributed by atoms with Gasteiger partial charge in [0.1, 0.15) is 0 Å². The van der Waals surface area contributed by atoms with E-state index in [9.17, 15) is 5.11 Å². The predicted molar refractivity (Wildman–Crippen MR) is 71.7 cm³/mol. The minimum atomic E-state index is -0.256. The summed E-state index contributed by atoms with van der Waals surface area (Å²) < 4.78 is 1.25. The lowest BCUT2D eigenvalue weighted by molar-refractivity contribution is 0.123. The molecule has 0 saturated heterocycles. The van der Waals surface area contributed by atoms with Crippen LogP contribution in [0.5, 0.6) is 0 Å². The second-order valence-corrected chi connectivity index (χ2v) is 5.31. The number of hydrogen-bond acceptors (Lipinski definition) is 2. The molecule has 0 aromatic heterocycles. The molecule has 0 aliphatic rings. The van der Waals surface area contributed by atoms with Crippen molar-refractivity contribution in [1.29, 1.82) is 0 Å². The van der Waals surface area contributed by atoms with Crippen LogP contribution in [0.2, 0.25) is 0 Å². The lowest BCUT2D eigenvalue weighted by Crippen LogP contribution is -2.30. The first-order valence-corrected chi connectivity index (χ1v) is 6.30. The van der Waals surface area contributed by atoms with Crippen LogP contribution in [-0.2, 0) is 6.54 Å². The normalized spacial score (nSPS) is 13.1. The van der Waals surface area contributed by atoms with Gasteiger partial charge in [0, 0.05) is 16.7 Å². The Kier molecular flexibility index (Phi) is 5.56. The molecule has 0 saturated carbocycles. The fourth-order valence-electron chi connectivity index (χ4n) is 1.20. The van der Waals surface area contributed by atoms with Gasteiger partial charge in [-0.05, 0) is 46.2 Å². The Labute approximate surface area is 105 Å². The molecule has 0 spiro atoms. The van der Waals surface area contributed by atoms with E-state index in [1.807, 2.05) is 13.8 Å². The van der Waals surface area contributed by atoms with Gasteiger partial charge in [-0.15, -0.1) is 0 Å². The maximum absolute atomic E-state index is 9.58. The molecule has 0 heterocycles. The summed E-state index contributed by atoms with van der Waals surface area (Å²) in [5.41, 5.74) is 1.26. The van der Waals surface area contributed by atoms with Crippen LogP contribution in [0.25, 0.3) is 0 Å². The molecule has 1 rings (SSSR count). The number of benzene rings is 1. The molecular formula is C12H18INO. The summed E-state index contributed by atoms with van der Waals surface area (Å²) in [6.45, 7) is 5.53. The van der Waals surface area contributed by atoms with E-state index in [4.69, 9.17) is 0 Å². The van der Waals surface area contributed by atoms with Crippen molar-refractivity contribution >= 4 is 22.6 Å². The number of nitrogens with one attached hydrogen (secondary N) is 1. The Morgan fingerprint density at radius 3 is 2.40 bits per heavy atom. The molecule has 1 aromatic rings. The first-order chi connectivity index (χ1) is 7.09. The maximum atomic E-state index is 9.58. The van der Waals surface area contributed by atoms with Crippen molar-refractivity contribution in [2.45, 2.75) is 26.5 Å². The summed E-state index contributed by atoms with van der Waals surface area (Å²) in [5.74, 6) is 0.314. The highest BCUT2D eigenvalue weighted by atomic mass is 127. The van der Waals surface area contributed by atoms with E-state index in [-0.39, 0.29) is 6.10 Å². The average Bonchev–Trinajstić information content (AvgIpc) is 2.20. The Bertz CT molecular complexity index is 284. The van der Waals surface area contributed by atoms with Crippen LogP contribution in [0.3, 0.4) is 0 Å². The Morgan fingerprint density at radius 2 is 1.87 bits per heavy atom. The van der Waals surface area contributed by atoms with Crippen molar-refractivity contribution in [2.75, 3.05) is 6.54 Å². The first-order valence-electron chi connectivity index (χ1n) is 5.23. The summed E-state index contributed by atoms with van der Waals surface area (Å²) in [5, 5.41) is 12.8.